The second kappa shape index (κ2) is 10.1. The number of rotatable bonds is 8. The van der Waals surface area contributed by atoms with Crippen LogP contribution >= 0.6 is 0 Å². The Balaban J connectivity index is 1.70. The molecule has 0 saturated carbocycles. The normalized spacial score (nSPS) is 14.0. The van der Waals surface area contributed by atoms with Gasteiger partial charge in [-0.05, 0) is 57.2 Å². The fourth-order valence-corrected chi connectivity index (χ4v) is 3.80. The summed E-state index contributed by atoms with van der Waals surface area (Å²) in [4.78, 5) is 12.5. The largest absolute Gasteiger partial charge is 0.490 e. The molecule has 3 rings (SSSR count). The van der Waals surface area contributed by atoms with Gasteiger partial charge in [0.2, 0.25) is 5.91 Å². The highest BCUT2D eigenvalue weighted by molar-refractivity contribution is 5.75. The van der Waals surface area contributed by atoms with Crippen molar-refractivity contribution in [1.82, 2.24) is 15.1 Å². The van der Waals surface area contributed by atoms with Crippen LogP contribution in [-0.2, 0) is 36.9 Å². The number of hydrogen-bond donors (Lipinski definition) is 1. The van der Waals surface area contributed by atoms with Gasteiger partial charge in [-0.3, -0.25) is 9.48 Å². The van der Waals surface area contributed by atoms with Crippen molar-refractivity contribution in [3.05, 3.63) is 40.7 Å². The summed E-state index contributed by atoms with van der Waals surface area (Å²) in [6, 6.07) is 5.38. The topological polar surface area (TPSA) is 65.4 Å². The minimum absolute atomic E-state index is 0.223. The molecule has 0 atom stereocenters. The second-order valence-electron chi connectivity index (χ2n) is 7.41. The van der Waals surface area contributed by atoms with Crippen molar-refractivity contribution >= 4 is 5.91 Å². The van der Waals surface area contributed by atoms with E-state index in [1.165, 1.54) is 4.68 Å². The third kappa shape index (κ3) is 5.71. The number of amides is 1. The third-order valence-corrected chi connectivity index (χ3v) is 5.17. The highest BCUT2D eigenvalue weighted by atomic mass is 19.4. The number of carbonyl (C=O) groups excluding carboxylic acids is 1. The third-order valence-electron chi connectivity index (χ3n) is 5.17. The van der Waals surface area contributed by atoms with E-state index in [4.69, 9.17) is 9.47 Å². The summed E-state index contributed by atoms with van der Waals surface area (Å²) in [6.45, 7) is 4.71. The van der Waals surface area contributed by atoms with E-state index in [9.17, 15) is 18.0 Å². The lowest BCUT2D eigenvalue weighted by Crippen LogP contribution is -2.28. The van der Waals surface area contributed by atoms with Crippen LogP contribution in [0.3, 0.4) is 0 Å². The standard InChI is InChI=1S/C22H28F3N3O3/c1-3-30-18-11-10-15(12-19(18)31-4-2)13-26-20(29)14-28-17-9-7-5-6-8-16(17)21(27-28)22(23,24)25/h10-12H,3-9,13-14H2,1-2H3,(H,26,29). The molecule has 9 heteroatoms. The molecule has 1 amide bonds. The number of aromatic nitrogens is 2. The number of carbonyl (C=O) groups is 1. The Labute approximate surface area is 179 Å². The van der Waals surface area contributed by atoms with Crippen LogP contribution in [0.5, 0.6) is 11.5 Å². The molecule has 0 radical (unpaired) electrons. The van der Waals surface area contributed by atoms with Gasteiger partial charge in [0.1, 0.15) is 6.54 Å². The molecule has 170 valence electrons. The zero-order valence-electron chi connectivity index (χ0n) is 17.8. The summed E-state index contributed by atoms with van der Waals surface area (Å²) in [5, 5.41) is 6.53. The van der Waals surface area contributed by atoms with Crippen LogP contribution in [0.15, 0.2) is 18.2 Å². The Morgan fingerprint density at radius 3 is 2.52 bits per heavy atom. The van der Waals surface area contributed by atoms with Gasteiger partial charge in [-0.15, -0.1) is 0 Å². The molecule has 1 N–H and O–H groups in total. The average molecular weight is 439 g/mol. The first kappa shape index (κ1) is 23.0. The van der Waals surface area contributed by atoms with E-state index in [1.54, 1.807) is 12.1 Å². The summed E-state index contributed by atoms with van der Waals surface area (Å²) in [7, 11) is 0. The monoisotopic (exact) mass is 439 g/mol. The Hall–Kier alpha value is -2.71. The van der Waals surface area contributed by atoms with Gasteiger partial charge in [-0.2, -0.15) is 18.3 Å². The first-order valence-corrected chi connectivity index (χ1v) is 10.6. The van der Waals surface area contributed by atoms with E-state index >= 15 is 0 Å². The molecule has 1 aliphatic rings. The maximum atomic E-state index is 13.4. The SMILES string of the molecule is CCOc1ccc(CNC(=O)Cn2nc(C(F)(F)F)c3c2CCCCC3)cc1OCC. The molecule has 0 aliphatic heterocycles. The number of nitrogens with one attached hydrogen (secondary N) is 1. The predicted octanol–water partition coefficient (Wildman–Crippen LogP) is 4.28. The summed E-state index contributed by atoms with van der Waals surface area (Å²) in [5.74, 6) is 0.816. The van der Waals surface area contributed by atoms with Gasteiger partial charge in [0.05, 0.1) is 13.2 Å². The van der Waals surface area contributed by atoms with Crippen LogP contribution in [0.25, 0.3) is 0 Å². The van der Waals surface area contributed by atoms with E-state index in [0.717, 1.165) is 18.4 Å². The summed E-state index contributed by atoms with van der Waals surface area (Å²) >= 11 is 0. The molecule has 0 bridgehead atoms. The van der Waals surface area contributed by atoms with Crippen molar-refractivity contribution in [3.8, 4) is 11.5 Å². The lowest BCUT2D eigenvalue weighted by molar-refractivity contribution is -0.142. The van der Waals surface area contributed by atoms with Gasteiger partial charge >= 0.3 is 6.18 Å². The van der Waals surface area contributed by atoms with Crippen LogP contribution < -0.4 is 14.8 Å². The molecule has 1 aromatic carbocycles. The number of benzene rings is 1. The minimum Gasteiger partial charge on any atom is -0.490 e. The maximum Gasteiger partial charge on any atom is 0.435 e. The molecule has 0 unspecified atom stereocenters. The van der Waals surface area contributed by atoms with Crippen molar-refractivity contribution in [3.63, 3.8) is 0 Å². The van der Waals surface area contributed by atoms with Gasteiger partial charge in [0.25, 0.3) is 0 Å². The van der Waals surface area contributed by atoms with Crippen LogP contribution in [0.1, 0.15) is 55.6 Å². The first-order valence-electron chi connectivity index (χ1n) is 10.6. The van der Waals surface area contributed by atoms with Gasteiger partial charge in [-0.1, -0.05) is 12.5 Å². The quantitative estimate of drug-likeness (QED) is 0.624. The minimum atomic E-state index is -4.52. The van der Waals surface area contributed by atoms with E-state index < -0.39 is 17.8 Å². The van der Waals surface area contributed by atoms with E-state index in [1.807, 2.05) is 19.9 Å². The lowest BCUT2D eigenvalue weighted by atomic mass is 10.1. The van der Waals surface area contributed by atoms with Crippen molar-refractivity contribution < 1.29 is 27.4 Å². The molecule has 0 fully saturated rings. The molecule has 6 nitrogen and oxygen atoms in total. The Morgan fingerprint density at radius 1 is 1.10 bits per heavy atom. The van der Waals surface area contributed by atoms with Gasteiger partial charge in [-0.25, -0.2) is 0 Å². The Bertz CT molecular complexity index is 909. The summed E-state index contributed by atoms with van der Waals surface area (Å²) < 4.78 is 52.6. The van der Waals surface area contributed by atoms with Crippen molar-refractivity contribution in [2.24, 2.45) is 0 Å². The number of nitrogens with zero attached hydrogens (tertiary/aromatic N) is 2. The van der Waals surface area contributed by atoms with Crippen LogP contribution in [0.4, 0.5) is 13.2 Å². The average Bonchev–Trinajstić information content (AvgIpc) is 2.90. The molecule has 1 aliphatic carbocycles. The molecular weight excluding hydrogens is 411 g/mol. The highest BCUT2D eigenvalue weighted by Crippen LogP contribution is 2.35. The second-order valence-corrected chi connectivity index (χ2v) is 7.41. The smallest absolute Gasteiger partial charge is 0.435 e. The molecule has 0 saturated heterocycles. The maximum absolute atomic E-state index is 13.4. The number of alkyl halides is 3. The zero-order valence-corrected chi connectivity index (χ0v) is 17.8. The molecule has 0 spiro atoms. The van der Waals surface area contributed by atoms with Crippen molar-refractivity contribution in [2.45, 2.75) is 65.2 Å². The van der Waals surface area contributed by atoms with Crippen LogP contribution in [0, 0.1) is 0 Å². The molecule has 31 heavy (non-hydrogen) atoms. The number of ether oxygens (including phenoxy) is 2. The summed E-state index contributed by atoms with van der Waals surface area (Å²) in [6.07, 6.45) is -1.30. The number of fused-ring (bicyclic) bond motifs is 1. The van der Waals surface area contributed by atoms with E-state index in [-0.39, 0.29) is 18.7 Å². The fourth-order valence-electron chi connectivity index (χ4n) is 3.80. The first-order chi connectivity index (χ1) is 14.8. The predicted molar refractivity (Wildman–Crippen MR) is 109 cm³/mol. The van der Waals surface area contributed by atoms with Gasteiger partial charge in [0.15, 0.2) is 17.2 Å². The van der Waals surface area contributed by atoms with Gasteiger partial charge in [0, 0.05) is 17.8 Å². The van der Waals surface area contributed by atoms with Crippen LogP contribution in [-0.4, -0.2) is 28.9 Å². The molecule has 1 aromatic heterocycles. The fraction of sp³-hybridized carbons (Fsp3) is 0.545. The number of halogens is 3. The highest BCUT2D eigenvalue weighted by Gasteiger charge is 2.39. The number of hydrogen-bond acceptors (Lipinski definition) is 4. The van der Waals surface area contributed by atoms with E-state index in [0.29, 0.717) is 49.7 Å². The Kier molecular flexibility index (Phi) is 7.46. The van der Waals surface area contributed by atoms with Crippen molar-refractivity contribution in [2.75, 3.05) is 13.2 Å². The molecule has 2 aromatic rings. The van der Waals surface area contributed by atoms with E-state index in [2.05, 4.69) is 10.4 Å². The van der Waals surface area contributed by atoms with Crippen molar-refractivity contribution in [1.29, 1.82) is 0 Å². The molecule has 1 heterocycles. The van der Waals surface area contributed by atoms with Gasteiger partial charge < -0.3 is 14.8 Å². The summed E-state index contributed by atoms with van der Waals surface area (Å²) in [5.41, 5.74) is 0.714. The Morgan fingerprint density at radius 2 is 1.81 bits per heavy atom. The zero-order chi connectivity index (χ0) is 22.4. The van der Waals surface area contributed by atoms with Crippen LogP contribution in [0.2, 0.25) is 0 Å². The molecular formula is C22H28F3N3O3. The lowest BCUT2D eigenvalue weighted by Gasteiger charge is -2.13.